The van der Waals surface area contributed by atoms with Gasteiger partial charge in [0.05, 0.1) is 18.0 Å². The molecule has 4 rings (SSSR count). The van der Waals surface area contributed by atoms with E-state index in [1.165, 1.54) is 22.9 Å². The number of hydrogen-bond acceptors (Lipinski definition) is 3. The Morgan fingerprint density at radius 2 is 1.97 bits per heavy atom. The van der Waals surface area contributed by atoms with Gasteiger partial charge in [0, 0.05) is 18.5 Å². The molecule has 0 radical (unpaired) electrons. The number of nitrogens with zero attached hydrogens (tertiary/aromatic N) is 3. The first-order chi connectivity index (χ1) is 14.3. The number of benzene rings is 1. The molecule has 1 aliphatic heterocycles. The number of aromatic nitrogens is 2. The SMILES string of the molecule is O=C(c1ccc(F)cc1)N1CCn2nc(COC3=CC=CCC3)cc2C1C(F)(F)F. The van der Waals surface area contributed by atoms with Crippen LogP contribution in [0.1, 0.15) is 40.6 Å². The first-order valence-corrected chi connectivity index (χ1v) is 9.51. The molecular formula is C21H19F4N3O2. The van der Waals surface area contributed by atoms with E-state index in [4.69, 9.17) is 4.74 Å². The summed E-state index contributed by atoms with van der Waals surface area (Å²) in [5.74, 6) is -0.616. The first-order valence-electron chi connectivity index (χ1n) is 9.51. The molecule has 2 aromatic rings. The number of fused-ring (bicyclic) bond motifs is 1. The Hall–Kier alpha value is -3.10. The Morgan fingerprint density at radius 3 is 2.63 bits per heavy atom. The molecule has 1 aliphatic carbocycles. The number of ether oxygens (including phenoxy) is 1. The van der Waals surface area contributed by atoms with Gasteiger partial charge in [0.25, 0.3) is 5.91 Å². The molecule has 1 atom stereocenters. The lowest BCUT2D eigenvalue weighted by Crippen LogP contribution is -2.48. The van der Waals surface area contributed by atoms with Crippen LogP contribution in [0.25, 0.3) is 0 Å². The van der Waals surface area contributed by atoms with E-state index in [2.05, 4.69) is 5.10 Å². The Kier molecular flexibility index (Phi) is 5.36. The summed E-state index contributed by atoms with van der Waals surface area (Å²) < 4.78 is 61.9. The van der Waals surface area contributed by atoms with Crippen LogP contribution in [0, 0.1) is 5.82 Å². The summed E-state index contributed by atoms with van der Waals surface area (Å²) in [7, 11) is 0. The second kappa shape index (κ2) is 7.97. The van der Waals surface area contributed by atoms with Gasteiger partial charge >= 0.3 is 6.18 Å². The highest BCUT2D eigenvalue weighted by atomic mass is 19.4. The monoisotopic (exact) mass is 421 g/mol. The third-order valence-corrected chi connectivity index (χ3v) is 5.05. The van der Waals surface area contributed by atoms with E-state index in [1.807, 2.05) is 18.2 Å². The van der Waals surface area contributed by atoms with Crippen LogP contribution >= 0.6 is 0 Å². The van der Waals surface area contributed by atoms with Crippen molar-refractivity contribution in [2.24, 2.45) is 0 Å². The molecule has 2 aliphatic rings. The van der Waals surface area contributed by atoms with Gasteiger partial charge in [-0.05, 0) is 42.8 Å². The van der Waals surface area contributed by atoms with Crippen LogP contribution in [0.4, 0.5) is 17.6 Å². The number of rotatable bonds is 4. The highest BCUT2D eigenvalue weighted by Crippen LogP contribution is 2.40. The minimum absolute atomic E-state index is 0.000498. The van der Waals surface area contributed by atoms with E-state index in [1.54, 1.807) is 0 Å². The zero-order valence-corrected chi connectivity index (χ0v) is 15.9. The smallest absolute Gasteiger partial charge is 0.414 e. The van der Waals surface area contributed by atoms with Gasteiger partial charge < -0.3 is 9.64 Å². The van der Waals surface area contributed by atoms with Crippen molar-refractivity contribution in [3.8, 4) is 0 Å². The molecule has 5 nitrogen and oxygen atoms in total. The standard InChI is InChI=1S/C21H19F4N3O2/c22-15-8-6-14(7-9-15)20(29)27-10-11-28-18(19(27)21(23,24)25)12-16(26-28)13-30-17-4-2-1-3-5-17/h1-2,4,6-9,12,19H,3,5,10-11,13H2. The highest BCUT2D eigenvalue weighted by molar-refractivity contribution is 5.94. The van der Waals surface area contributed by atoms with Gasteiger partial charge in [-0.3, -0.25) is 9.48 Å². The zero-order valence-electron chi connectivity index (χ0n) is 15.9. The molecule has 30 heavy (non-hydrogen) atoms. The quantitative estimate of drug-likeness (QED) is 0.682. The molecule has 1 unspecified atom stereocenters. The van der Waals surface area contributed by atoms with Gasteiger partial charge in [-0.15, -0.1) is 0 Å². The summed E-state index contributed by atoms with van der Waals surface area (Å²) in [6, 6.07) is 3.66. The second-order valence-electron chi connectivity index (χ2n) is 7.12. The summed E-state index contributed by atoms with van der Waals surface area (Å²) in [6.45, 7) is 0.0156. The van der Waals surface area contributed by atoms with Crippen molar-refractivity contribution in [2.45, 2.75) is 38.2 Å². The van der Waals surface area contributed by atoms with Crippen molar-refractivity contribution in [2.75, 3.05) is 6.54 Å². The fourth-order valence-corrected chi connectivity index (χ4v) is 3.64. The van der Waals surface area contributed by atoms with Crippen LogP contribution in [0.2, 0.25) is 0 Å². The molecule has 1 aromatic heterocycles. The first kappa shape index (κ1) is 20.2. The molecule has 0 fully saturated rings. The molecule has 1 amide bonds. The maximum Gasteiger partial charge on any atom is 0.414 e. The predicted molar refractivity (Wildman–Crippen MR) is 99.7 cm³/mol. The number of halogens is 4. The van der Waals surface area contributed by atoms with Crippen LogP contribution in [-0.2, 0) is 17.9 Å². The van der Waals surface area contributed by atoms with Gasteiger partial charge in [-0.25, -0.2) is 4.39 Å². The average Bonchev–Trinajstić information content (AvgIpc) is 3.14. The van der Waals surface area contributed by atoms with E-state index in [-0.39, 0.29) is 31.0 Å². The lowest BCUT2D eigenvalue weighted by Gasteiger charge is -2.37. The minimum Gasteiger partial charge on any atom is -0.492 e. The Morgan fingerprint density at radius 1 is 1.20 bits per heavy atom. The fraction of sp³-hybridized carbons (Fsp3) is 0.333. The molecule has 158 valence electrons. The number of carbonyl (C=O) groups excluding carboxylic acids is 1. The summed E-state index contributed by atoms with van der Waals surface area (Å²) in [6.07, 6.45) is 2.58. The van der Waals surface area contributed by atoms with E-state index < -0.39 is 23.9 Å². The largest absolute Gasteiger partial charge is 0.492 e. The zero-order chi connectivity index (χ0) is 21.3. The Bertz CT molecular complexity index is 993. The Balaban J connectivity index is 1.59. The molecule has 0 saturated heterocycles. The normalized spacial score (nSPS) is 18.7. The second-order valence-corrected chi connectivity index (χ2v) is 7.12. The van der Waals surface area contributed by atoms with E-state index >= 15 is 0 Å². The van der Waals surface area contributed by atoms with Gasteiger partial charge in [0.1, 0.15) is 18.1 Å². The van der Waals surface area contributed by atoms with E-state index in [0.29, 0.717) is 5.69 Å². The summed E-state index contributed by atoms with van der Waals surface area (Å²) in [5, 5.41) is 4.24. The number of allylic oxidation sites excluding steroid dienone is 4. The number of hydrogen-bond donors (Lipinski definition) is 0. The number of carbonyl (C=O) groups is 1. The molecule has 2 heterocycles. The minimum atomic E-state index is -4.69. The molecule has 0 bridgehead atoms. The summed E-state index contributed by atoms with van der Waals surface area (Å²) >= 11 is 0. The molecule has 0 saturated carbocycles. The lowest BCUT2D eigenvalue weighted by molar-refractivity contribution is -0.184. The van der Waals surface area contributed by atoms with Crippen molar-refractivity contribution >= 4 is 5.91 Å². The highest BCUT2D eigenvalue weighted by Gasteiger charge is 2.50. The molecular weight excluding hydrogens is 402 g/mol. The molecule has 9 heteroatoms. The van der Waals surface area contributed by atoms with Crippen LogP contribution in [0.5, 0.6) is 0 Å². The van der Waals surface area contributed by atoms with E-state index in [0.717, 1.165) is 35.6 Å². The third-order valence-electron chi connectivity index (χ3n) is 5.05. The van der Waals surface area contributed by atoms with E-state index in [9.17, 15) is 22.4 Å². The molecule has 0 N–H and O–H groups in total. The lowest BCUT2D eigenvalue weighted by atomic mass is 10.1. The predicted octanol–water partition coefficient (Wildman–Crippen LogP) is 4.53. The average molecular weight is 421 g/mol. The topological polar surface area (TPSA) is 47.4 Å². The maximum absolute atomic E-state index is 14.0. The van der Waals surface area contributed by atoms with Gasteiger partial charge in [0.2, 0.25) is 0 Å². The molecule has 0 spiro atoms. The van der Waals surface area contributed by atoms with Gasteiger partial charge in [0.15, 0.2) is 6.04 Å². The Labute approximate surface area is 170 Å². The van der Waals surface area contributed by atoms with Gasteiger partial charge in [-0.2, -0.15) is 18.3 Å². The summed E-state index contributed by atoms with van der Waals surface area (Å²) in [4.78, 5) is 13.5. The molecule has 1 aromatic carbocycles. The number of amides is 1. The van der Waals surface area contributed by atoms with Crippen molar-refractivity contribution < 1.29 is 27.1 Å². The van der Waals surface area contributed by atoms with Crippen LogP contribution < -0.4 is 0 Å². The van der Waals surface area contributed by atoms with Crippen LogP contribution in [0.15, 0.2) is 54.3 Å². The third kappa shape index (κ3) is 4.10. The van der Waals surface area contributed by atoms with Crippen LogP contribution in [-0.4, -0.2) is 33.3 Å². The van der Waals surface area contributed by atoms with Crippen molar-refractivity contribution in [1.82, 2.24) is 14.7 Å². The van der Waals surface area contributed by atoms with Crippen molar-refractivity contribution in [3.63, 3.8) is 0 Å². The van der Waals surface area contributed by atoms with Crippen molar-refractivity contribution in [3.05, 3.63) is 77.1 Å². The maximum atomic E-state index is 14.0. The summed E-state index contributed by atoms with van der Waals surface area (Å²) in [5.41, 5.74) is 0.255. The number of alkyl halides is 3. The van der Waals surface area contributed by atoms with Gasteiger partial charge in [-0.1, -0.05) is 12.2 Å². The van der Waals surface area contributed by atoms with Crippen molar-refractivity contribution in [1.29, 1.82) is 0 Å². The fourth-order valence-electron chi connectivity index (χ4n) is 3.64. The van der Waals surface area contributed by atoms with Crippen LogP contribution in [0.3, 0.4) is 0 Å².